The van der Waals surface area contributed by atoms with Crippen molar-refractivity contribution >= 4 is 17.8 Å². The molecule has 7 nitrogen and oxygen atoms in total. The Labute approximate surface area is 151 Å². The van der Waals surface area contributed by atoms with Crippen LogP contribution in [0.2, 0.25) is 0 Å². The fourth-order valence-electron chi connectivity index (χ4n) is 2.06. The van der Waals surface area contributed by atoms with Crippen LogP contribution in [0.5, 0.6) is 11.5 Å². The minimum absolute atomic E-state index is 0.231. The molecule has 2 aromatic rings. The molecule has 0 radical (unpaired) electrons. The van der Waals surface area contributed by atoms with Crippen molar-refractivity contribution in [3.63, 3.8) is 0 Å². The Morgan fingerprint density at radius 2 is 2.00 bits per heavy atom. The zero-order valence-electron chi connectivity index (χ0n) is 14.6. The first-order valence-electron chi connectivity index (χ1n) is 7.92. The van der Waals surface area contributed by atoms with Crippen LogP contribution in [-0.4, -0.2) is 32.4 Å². The lowest BCUT2D eigenvalue weighted by Gasteiger charge is -2.09. The standard InChI is InChI=1S/C19H19N3O4/c1-3-25-17-9-6-15(10-18(17)24-2)12-21-26-13-19(23)22-16-7-4-14(11-20)5-8-16/h4-10,12H,3,13H2,1-2H3,(H,22,23)/b21-12-. The molecule has 0 saturated carbocycles. The van der Waals surface area contributed by atoms with E-state index in [0.29, 0.717) is 29.4 Å². The Hall–Kier alpha value is -3.53. The summed E-state index contributed by atoms with van der Waals surface area (Å²) in [5.74, 6) is 0.889. The monoisotopic (exact) mass is 353 g/mol. The van der Waals surface area contributed by atoms with E-state index in [2.05, 4.69) is 10.5 Å². The highest BCUT2D eigenvalue weighted by molar-refractivity contribution is 5.91. The number of ether oxygens (including phenoxy) is 2. The highest BCUT2D eigenvalue weighted by atomic mass is 16.6. The molecular weight excluding hydrogens is 334 g/mol. The van der Waals surface area contributed by atoms with Gasteiger partial charge >= 0.3 is 0 Å². The van der Waals surface area contributed by atoms with Gasteiger partial charge in [-0.15, -0.1) is 0 Å². The van der Waals surface area contributed by atoms with Crippen LogP contribution in [0.3, 0.4) is 0 Å². The molecule has 26 heavy (non-hydrogen) atoms. The molecule has 0 aliphatic heterocycles. The first-order valence-corrected chi connectivity index (χ1v) is 7.92. The average Bonchev–Trinajstić information content (AvgIpc) is 2.67. The molecular formula is C19H19N3O4. The van der Waals surface area contributed by atoms with Gasteiger partial charge in [0.25, 0.3) is 5.91 Å². The van der Waals surface area contributed by atoms with Gasteiger partial charge in [0.15, 0.2) is 18.1 Å². The van der Waals surface area contributed by atoms with Crippen LogP contribution in [0, 0.1) is 11.3 Å². The van der Waals surface area contributed by atoms with E-state index < -0.39 is 0 Å². The molecule has 0 aromatic heterocycles. The lowest BCUT2D eigenvalue weighted by Crippen LogP contribution is -2.16. The molecule has 0 spiro atoms. The Kier molecular flexibility index (Phi) is 7.01. The minimum atomic E-state index is -0.351. The summed E-state index contributed by atoms with van der Waals surface area (Å²) in [5.41, 5.74) is 1.85. The van der Waals surface area contributed by atoms with E-state index in [1.54, 1.807) is 49.6 Å². The summed E-state index contributed by atoms with van der Waals surface area (Å²) in [6, 6.07) is 13.9. The number of carbonyl (C=O) groups is 1. The van der Waals surface area contributed by atoms with E-state index in [1.165, 1.54) is 6.21 Å². The second kappa shape index (κ2) is 9.69. The SMILES string of the molecule is CCOc1ccc(/C=N\OCC(=O)Nc2ccc(C#N)cc2)cc1OC. The number of nitrogens with zero attached hydrogens (tertiary/aromatic N) is 2. The average molecular weight is 353 g/mol. The van der Waals surface area contributed by atoms with E-state index in [1.807, 2.05) is 13.0 Å². The summed E-state index contributed by atoms with van der Waals surface area (Å²) >= 11 is 0. The largest absolute Gasteiger partial charge is 0.493 e. The predicted molar refractivity (Wildman–Crippen MR) is 97.5 cm³/mol. The first kappa shape index (κ1) is 18.8. The number of hydrogen-bond donors (Lipinski definition) is 1. The Morgan fingerprint density at radius 1 is 1.23 bits per heavy atom. The summed E-state index contributed by atoms with van der Waals surface area (Å²) in [5, 5.41) is 15.2. The third-order valence-corrected chi connectivity index (χ3v) is 3.26. The number of amides is 1. The van der Waals surface area contributed by atoms with Crippen molar-refractivity contribution in [2.45, 2.75) is 6.92 Å². The smallest absolute Gasteiger partial charge is 0.265 e. The van der Waals surface area contributed by atoms with Crippen LogP contribution >= 0.6 is 0 Å². The molecule has 0 heterocycles. The molecule has 0 saturated heterocycles. The van der Waals surface area contributed by atoms with Crippen molar-refractivity contribution in [2.75, 3.05) is 25.6 Å². The third kappa shape index (κ3) is 5.53. The van der Waals surface area contributed by atoms with Gasteiger partial charge in [0.2, 0.25) is 0 Å². The number of nitriles is 1. The second-order valence-corrected chi connectivity index (χ2v) is 5.09. The fraction of sp³-hybridized carbons (Fsp3) is 0.211. The van der Waals surface area contributed by atoms with Crippen LogP contribution < -0.4 is 14.8 Å². The van der Waals surface area contributed by atoms with Crippen molar-refractivity contribution in [3.05, 3.63) is 53.6 Å². The number of anilines is 1. The van der Waals surface area contributed by atoms with Gasteiger partial charge in [-0.2, -0.15) is 5.26 Å². The van der Waals surface area contributed by atoms with E-state index in [-0.39, 0.29) is 12.5 Å². The van der Waals surface area contributed by atoms with Gasteiger partial charge in [-0.05, 0) is 49.4 Å². The molecule has 2 rings (SSSR count). The Morgan fingerprint density at radius 3 is 2.65 bits per heavy atom. The number of methoxy groups -OCH3 is 1. The number of oxime groups is 1. The van der Waals surface area contributed by atoms with E-state index in [9.17, 15) is 4.79 Å². The number of benzene rings is 2. The molecule has 0 bridgehead atoms. The highest BCUT2D eigenvalue weighted by Crippen LogP contribution is 2.27. The van der Waals surface area contributed by atoms with E-state index >= 15 is 0 Å². The number of hydrogen-bond acceptors (Lipinski definition) is 6. The lowest BCUT2D eigenvalue weighted by molar-refractivity contribution is -0.120. The molecule has 0 aliphatic carbocycles. The first-order chi connectivity index (χ1) is 12.7. The summed E-state index contributed by atoms with van der Waals surface area (Å²) in [4.78, 5) is 16.8. The van der Waals surface area contributed by atoms with Crippen molar-refractivity contribution in [1.29, 1.82) is 5.26 Å². The summed E-state index contributed by atoms with van der Waals surface area (Å²) < 4.78 is 10.7. The topological polar surface area (TPSA) is 92.9 Å². The molecule has 1 amide bonds. The normalized spacial score (nSPS) is 10.2. The maximum absolute atomic E-state index is 11.8. The zero-order valence-corrected chi connectivity index (χ0v) is 14.6. The van der Waals surface area contributed by atoms with Gasteiger partial charge in [-0.3, -0.25) is 4.79 Å². The molecule has 0 unspecified atom stereocenters. The van der Waals surface area contributed by atoms with E-state index in [0.717, 1.165) is 5.56 Å². The van der Waals surface area contributed by atoms with Gasteiger partial charge < -0.3 is 19.6 Å². The van der Waals surface area contributed by atoms with Crippen molar-refractivity contribution < 1.29 is 19.1 Å². The van der Waals surface area contributed by atoms with E-state index in [4.69, 9.17) is 19.6 Å². The van der Waals surface area contributed by atoms with Gasteiger partial charge in [0.05, 0.1) is 31.6 Å². The highest BCUT2D eigenvalue weighted by Gasteiger charge is 2.05. The zero-order chi connectivity index (χ0) is 18.8. The van der Waals surface area contributed by atoms with Gasteiger partial charge in [0.1, 0.15) is 0 Å². The Balaban J connectivity index is 1.84. The molecule has 7 heteroatoms. The maximum Gasteiger partial charge on any atom is 0.265 e. The van der Waals surface area contributed by atoms with Crippen LogP contribution in [-0.2, 0) is 9.63 Å². The van der Waals surface area contributed by atoms with Gasteiger partial charge in [0, 0.05) is 11.3 Å². The molecule has 2 aromatic carbocycles. The predicted octanol–water partition coefficient (Wildman–Crippen LogP) is 2.95. The summed E-state index contributed by atoms with van der Waals surface area (Å²) in [6.45, 7) is 2.21. The third-order valence-electron chi connectivity index (χ3n) is 3.26. The second-order valence-electron chi connectivity index (χ2n) is 5.09. The van der Waals surface area contributed by atoms with Gasteiger partial charge in [-0.25, -0.2) is 0 Å². The van der Waals surface area contributed by atoms with Crippen LogP contribution in [0.15, 0.2) is 47.6 Å². The molecule has 134 valence electrons. The molecule has 0 fully saturated rings. The van der Waals surface area contributed by atoms with Crippen LogP contribution in [0.1, 0.15) is 18.1 Å². The summed E-state index contributed by atoms with van der Waals surface area (Å²) in [6.07, 6.45) is 1.48. The summed E-state index contributed by atoms with van der Waals surface area (Å²) in [7, 11) is 1.56. The minimum Gasteiger partial charge on any atom is -0.493 e. The number of rotatable bonds is 8. The number of nitrogens with one attached hydrogen (secondary N) is 1. The quantitative estimate of drug-likeness (QED) is 0.582. The van der Waals surface area contributed by atoms with Crippen LogP contribution in [0.25, 0.3) is 0 Å². The van der Waals surface area contributed by atoms with Crippen molar-refractivity contribution in [1.82, 2.24) is 0 Å². The Bertz CT molecular complexity index is 811. The number of carbonyl (C=O) groups excluding carboxylic acids is 1. The van der Waals surface area contributed by atoms with Crippen LogP contribution in [0.4, 0.5) is 5.69 Å². The molecule has 1 N–H and O–H groups in total. The maximum atomic E-state index is 11.8. The van der Waals surface area contributed by atoms with Crippen molar-refractivity contribution in [3.8, 4) is 17.6 Å². The van der Waals surface area contributed by atoms with Crippen molar-refractivity contribution in [2.24, 2.45) is 5.16 Å². The molecule has 0 aliphatic rings. The fourth-order valence-corrected chi connectivity index (χ4v) is 2.06. The van der Waals surface area contributed by atoms with Gasteiger partial charge in [-0.1, -0.05) is 5.16 Å². The lowest BCUT2D eigenvalue weighted by atomic mass is 10.2. The molecule has 0 atom stereocenters.